The van der Waals surface area contributed by atoms with Gasteiger partial charge in [-0.2, -0.15) is 0 Å². The summed E-state index contributed by atoms with van der Waals surface area (Å²) in [7, 11) is 0. The normalized spacial score (nSPS) is 10.3. The van der Waals surface area contributed by atoms with Gasteiger partial charge in [0.2, 0.25) is 0 Å². The molecule has 0 bridgehead atoms. The Labute approximate surface area is 111 Å². The molecule has 0 aliphatic rings. The highest BCUT2D eigenvalue weighted by molar-refractivity contribution is 6.31. The van der Waals surface area contributed by atoms with Gasteiger partial charge in [-0.15, -0.1) is 0 Å². The van der Waals surface area contributed by atoms with Crippen molar-refractivity contribution in [2.24, 2.45) is 0 Å². The molecule has 0 aliphatic carbocycles. The van der Waals surface area contributed by atoms with Crippen LogP contribution in [0.2, 0.25) is 5.02 Å². The Balaban J connectivity index is 2.52. The predicted octanol–water partition coefficient (Wildman–Crippen LogP) is 4.27. The molecule has 0 aliphatic heterocycles. The SMILES string of the molecule is CCc1cccc(-c2cc(Cl)cc(C(=O)O)c2)c1. The van der Waals surface area contributed by atoms with E-state index >= 15 is 0 Å². The Morgan fingerprint density at radius 2 is 1.94 bits per heavy atom. The second-order valence-electron chi connectivity index (χ2n) is 4.09. The van der Waals surface area contributed by atoms with Crippen LogP contribution in [0.25, 0.3) is 11.1 Å². The summed E-state index contributed by atoms with van der Waals surface area (Å²) in [6, 6.07) is 12.9. The van der Waals surface area contributed by atoms with Crippen molar-refractivity contribution in [1.82, 2.24) is 0 Å². The van der Waals surface area contributed by atoms with E-state index in [1.165, 1.54) is 11.6 Å². The van der Waals surface area contributed by atoms with Crippen LogP contribution in [-0.4, -0.2) is 11.1 Å². The maximum Gasteiger partial charge on any atom is 0.335 e. The fourth-order valence-electron chi connectivity index (χ4n) is 1.85. The first kappa shape index (κ1) is 12.7. The Kier molecular flexibility index (Phi) is 3.68. The number of rotatable bonds is 3. The summed E-state index contributed by atoms with van der Waals surface area (Å²) in [6.07, 6.45) is 0.945. The van der Waals surface area contributed by atoms with Crippen LogP contribution in [-0.2, 0) is 6.42 Å². The third-order valence-corrected chi connectivity index (χ3v) is 3.03. The maximum atomic E-state index is 11.0. The van der Waals surface area contributed by atoms with E-state index in [0.717, 1.165) is 17.5 Å². The van der Waals surface area contributed by atoms with E-state index in [2.05, 4.69) is 13.0 Å². The zero-order valence-electron chi connectivity index (χ0n) is 9.98. The van der Waals surface area contributed by atoms with Gasteiger partial charge in [0.15, 0.2) is 0 Å². The Hall–Kier alpha value is -1.80. The topological polar surface area (TPSA) is 37.3 Å². The van der Waals surface area contributed by atoms with E-state index in [0.29, 0.717) is 5.02 Å². The summed E-state index contributed by atoms with van der Waals surface area (Å²) in [6.45, 7) is 2.08. The maximum absolute atomic E-state index is 11.0. The molecule has 2 rings (SSSR count). The second kappa shape index (κ2) is 5.23. The molecule has 0 saturated heterocycles. The zero-order chi connectivity index (χ0) is 13.1. The number of carboxylic acids is 1. The molecule has 1 N–H and O–H groups in total. The predicted molar refractivity (Wildman–Crippen MR) is 73.2 cm³/mol. The van der Waals surface area contributed by atoms with Crippen molar-refractivity contribution < 1.29 is 9.90 Å². The molecule has 0 amide bonds. The summed E-state index contributed by atoms with van der Waals surface area (Å²) < 4.78 is 0. The van der Waals surface area contributed by atoms with Crippen LogP contribution < -0.4 is 0 Å². The Bertz CT molecular complexity index is 591. The minimum atomic E-state index is -0.967. The number of hydrogen-bond acceptors (Lipinski definition) is 1. The standard InChI is InChI=1S/C15H13ClO2/c1-2-10-4-3-5-11(6-10)12-7-13(15(17)18)9-14(16)8-12/h3-9H,2H2,1H3,(H,17,18). The average molecular weight is 261 g/mol. The number of hydrogen-bond donors (Lipinski definition) is 1. The van der Waals surface area contributed by atoms with Gasteiger partial charge in [-0.25, -0.2) is 4.79 Å². The van der Waals surface area contributed by atoms with Crippen molar-refractivity contribution in [2.75, 3.05) is 0 Å². The first-order chi connectivity index (χ1) is 8.60. The van der Waals surface area contributed by atoms with E-state index in [1.807, 2.05) is 18.2 Å². The highest BCUT2D eigenvalue weighted by atomic mass is 35.5. The molecule has 0 fully saturated rings. The van der Waals surface area contributed by atoms with Crippen LogP contribution >= 0.6 is 11.6 Å². The van der Waals surface area contributed by atoms with Crippen molar-refractivity contribution >= 4 is 17.6 Å². The van der Waals surface area contributed by atoms with Gasteiger partial charge in [0.05, 0.1) is 5.56 Å². The molecule has 92 valence electrons. The van der Waals surface area contributed by atoms with E-state index in [4.69, 9.17) is 16.7 Å². The Morgan fingerprint density at radius 3 is 2.61 bits per heavy atom. The molecule has 2 aromatic rings. The minimum Gasteiger partial charge on any atom is -0.478 e. The van der Waals surface area contributed by atoms with Crippen LogP contribution in [0.15, 0.2) is 42.5 Å². The van der Waals surface area contributed by atoms with Crippen LogP contribution in [0, 0.1) is 0 Å². The van der Waals surface area contributed by atoms with Gasteiger partial charge < -0.3 is 5.11 Å². The fraction of sp³-hybridized carbons (Fsp3) is 0.133. The van der Waals surface area contributed by atoms with Crippen molar-refractivity contribution in [3.05, 3.63) is 58.6 Å². The number of carbonyl (C=O) groups is 1. The van der Waals surface area contributed by atoms with Crippen molar-refractivity contribution in [3.63, 3.8) is 0 Å². The molecule has 0 aromatic heterocycles. The molecule has 0 radical (unpaired) electrons. The lowest BCUT2D eigenvalue weighted by atomic mass is 10.0. The van der Waals surface area contributed by atoms with Gasteiger partial charge in [0.25, 0.3) is 0 Å². The first-order valence-electron chi connectivity index (χ1n) is 5.73. The lowest BCUT2D eigenvalue weighted by Crippen LogP contribution is -1.96. The van der Waals surface area contributed by atoms with Crippen LogP contribution in [0.5, 0.6) is 0 Å². The monoisotopic (exact) mass is 260 g/mol. The molecule has 0 spiro atoms. The molecular formula is C15H13ClO2. The zero-order valence-corrected chi connectivity index (χ0v) is 10.7. The third-order valence-electron chi connectivity index (χ3n) is 2.81. The second-order valence-corrected chi connectivity index (χ2v) is 4.52. The van der Waals surface area contributed by atoms with Crippen LogP contribution in [0.4, 0.5) is 0 Å². The summed E-state index contributed by atoms with van der Waals surface area (Å²) >= 11 is 5.95. The first-order valence-corrected chi connectivity index (χ1v) is 6.11. The molecular weight excluding hydrogens is 248 g/mol. The summed E-state index contributed by atoms with van der Waals surface area (Å²) in [5.41, 5.74) is 3.23. The molecule has 0 atom stereocenters. The smallest absolute Gasteiger partial charge is 0.335 e. The minimum absolute atomic E-state index is 0.208. The lowest BCUT2D eigenvalue weighted by Gasteiger charge is -2.06. The molecule has 3 heteroatoms. The van der Waals surface area contributed by atoms with Gasteiger partial charge >= 0.3 is 5.97 Å². The van der Waals surface area contributed by atoms with E-state index in [9.17, 15) is 4.79 Å². The highest BCUT2D eigenvalue weighted by Crippen LogP contribution is 2.25. The van der Waals surface area contributed by atoms with Gasteiger partial charge in [-0.3, -0.25) is 0 Å². The molecule has 0 heterocycles. The molecule has 0 unspecified atom stereocenters. The number of benzene rings is 2. The molecule has 0 saturated carbocycles. The average Bonchev–Trinajstić information content (AvgIpc) is 2.38. The summed E-state index contributed by atoms with van der Waals surface area (Å²) in [4.78, 5) is 11.0. The van der Waals surface area contributed by atoms with Gasteiger partial charge in [-0.1, -0.05) is 42.8 Å². The number of halogens is 1. The van der Waals surface area contributed by atoms with Crippen molar-refractivity contribution in [1.29, 1.82) is 0 Å². The third kappa shape index (κ3) is 2.71. The summed E-state index contributed by atoms with van der Waals surface area (Å²) in [5.74, 6) is -0.967. The fourth-order valence-corrected chi connectivity index (χ4v) is 2.09. The number of aryl methyl sites for hydroxylation is 1. The molecule has 2 nitrogen and oxygen atoms in total. The number of aromatic carboxylic acids is 1. The largest absolute Gasteiger partial charge is 0.478 e. The lowest BCUT2D eigenvalue weighted by molar-refractivity contribution is 0.0697. The van der Waals surface area contributed by atoms with E-state index in [-0.39, 0.29) is 5.56 Å². The van der Waals surface area contributed by atoms with Crippen molar-refractivity contribution in [2.45, 2.75) is 13.3 Å². The van der Waals surface area contributed by atoms with Gasteiger partial charge in [-0.05, 0) is 41.3 Å². The molecule has 18 heavy (non-hydrogen) atoms. The summed E-state index contributed by atoms with van der Waals surface area (Å²) in [5, 5.41) is 9.46. The van der Waals surface area contributed by atoms with Gasteiger partial charge in [0, 0.05) is 5.02 Å². The Morgan fingerprint density at radius 1 is 1.17 bits per heavy atom. The highest BCUT2D eigenvalue weighted by Gasteiger charge is 2.07. The quantitative estimate of drug-likeness (QED) is 0.895. The van der Waals surface area contributed by atoms with Gasteiger partial charge in [0.1, 0.15) is 0 Å². The van der Waals surface area contributed by atoms with Crippen LogP contribution in [0.3, 0.4) is 0 Å². The number of carboxylic acid groups (broad SMARTS) is 1. The van der Waals surface area contributed by atoms with E-state index < -0.39 is 5.97 Å². The van der Waals surface area contributed by atoms with Crippen molar-refractivity contribution in [3.8, 4) is 11.1 Å². The van der Waals surface area contributed by atoms with E-state index in [1.54, 1.807) is 12.1 Å². The van der Waals surface area contributed by atoms with Crippen LogP contribution in [0.1, 0.15) is 22.8 Å². The molecule has 2 aromatic carbocycles.